The van der Waals surface area contributed by atoms with Gasteiger partial charge in [0.15, 0.2) is 5.15 Å². The Bertz CT molecular complexity index is 252. The monoisotopic (exact) mass is 234 g/mol. The van der Waals surface area contributed by atoms with Crippen LogP contribution in [0.5, 0.6) is 0 Å². The second-order valence-electron chi connectivity index (χ2n) is 2.02. The van der Waals surface area contributed by atoms with E-state index >= 15 is 0 Å². The van der Waals surface area contributed by atoms with E-state index in [1.54, 1.807) is 6.20 Å². The fourth-order valence-electron chi connectivity index (χ4n) is 0.737. The van der Waals surface area contributed by atoms with Crippen molar-refractivity contribution in [3.63, 3.8) is 0 Å². The summed E-state index contributed by atoms with van der Waals surface area (Å²) in [5.74, 6) is 0. The molecule has 0 fully saturated rings. The standard InChI is InChI=1S/C7H8BrClN2/c1-2-10-6-3-5(8)4-11-7(6)9/h3-4,10H,2H2,1H3. The van der Waals surface area contributed by atoms with Crippen molar-refractivity contribution < 1.29 is 0 Å². The molecule has 0 saturated heterocycles. The number of hydrogen-bond donors (Lipinski definition) is 1. The van der Waals surface area contributed by atoms with Crippen molar-refractivity contribution >= 4 is 33.2 Å². The maximum absolute atomic E-state index is 5.78. The summed E-state index contributed by atoms with van der Waals surface area (Å²) < 4.78 is 0.929. The van der Waals surface area contributed by atoms with Gasteiger partial charge in [0.25, 0.3) is 0 Å². The summed E-state index contributed by atoms with van der Waals surface area (Å²) >= 11 is 9.09. The molecule has 0 bridgehead atoms. The molecule has 1 aromatic rings. The Labute approximate surface area is 79.1 Å². The summed E-state index contributed by atoms with van der Waals surface area (Å²) in [4.78, 5) is 3.95. The number of rotatable bonds is 2. The predicted molar refractivity (Wildman–Crippen MR) is 51.1 cm³/mol. The van der Waals surface area contributed by atoms with Gasteiger partial charge in [-0.1, -0.05) is 11.6 Å². The van der Waals surface area contributed by atoms with Gasteiger partial charge in [-0.15, -0.1) is 0 Å². The van der Waals surface area contributed by atoms with Gasteiger partial charge in [-0.05, 0) is 28.9 Å². The van der Waals surface area contributed by atoms with Crippen LogP contribution in [0.25, 0.3) is 0 Å². The molecule has 0 saturated carbocycles. The summed E-state index contributed by atoms with van der Waals surface area (Å²) in [7, 11) is 0. The number of halogens is 2. The second kappa shape index (κ2) is 3.93. The summed E-state index contributed by atoms with van der Waals surface area (Å²) in [6.45, 7) is 2.86. The Morgan fingerprint density at radius 2 is 2.45 bits per heavy atom. The number of nitrogens with zero attached hydrogens (tertiary/aromatic N) is 1. The zero-order chi connectivity index (χ0) is 8.27. The average Bonchev–Trinajstić information content (AvgIpc) is 1.98. The van der Waals surface area contributed by atoms with Crippen LogP contribution in [-0.4, -0.2) is 11.5 Å². The molecule has 1 N–H and O–H groups in total. The molecule has 0 atom stereocenters. The van der Waals surface area contributed by atoms with Crippen molar-refractivity contribution in [2.24, 2.45) is 0 Å². The van der Waals surface area contributed by atoms with Gasteiger partial charge < -0.3 is 5.32 Å². The van der Waals surface area contributed by atoms with E-state index in [0.717, 1.165) is 16.7 Å². The summed E-state index contributed by atoms with van der Waals surface area (Å²) in [5, 5.41) is 3.60. The van der Waals surface area contributed by atoms with Crippen LogP contribution in [0.1, 0.15) is 6.92 Å². The van der Waals surface area contributed by atoms with Gasteiger partial charge in [0.2, 0.25) is 0 Å². The van der Waals surface area contributed by atoms with Crippen molar-refractivity contribution in [2.45, 2.75) is 6.92 Å². The lowest BCUT2D eigenvalue weighted by molar-refractivity contribution is 1.19. The molecule has 11 heavy (non-hydrogen) atoms. The molecule has 0 aliphatic carbocycles. The summed E-state index contributed by atoms with van der Waals surface area (Å²) in [6.07, 6.45) is 1.67. The topological polar surface area (TPSA) is 24.9 Å². The van der Waals surface area contributed by atoms with Gasteiger partial charge >= 0.3 is 0 Å². The third-order valence-electron chi connectivity index (χ3n) is 1.17. The molecule has 1 aromatic heterocycles. The molecule has 0 unspecified atom stereocenters. The van der Waals surface area contributed by atoms with Crippen molar-refractivity contribution in [1.82, 2.24) is 4.98 Å². The first-order valence-corrected chi connectivity index (χ1v) is 4.46. The van der Waals surface area contributed by atoms with E-state index in [-0.39, 0.29) is 0 Å². The molecule has 4 heteroatoms. The number of hydrogen-bond acceptors (Lipinski definition) is 2. The van der Waals surface area contributed by atoms with Crippen LogP contribution < -0.4 is 5.32 Å². The third-order valence-corrected chi connectivity index (χ3v) is 1.91. The Balaban J connectivity index is 2.93. The molecule has 2 nitrogen and oxygen atoms in total. The normalized spacial score (nSPS) is 9.73. The number of nitrogens with one attached hydrogen (secondary N) is 1. The van der Waals surface area contributed by atoms with E-state index in [2.05, 4.69) is 26.2 Å². The molecule has 60 valence electrons. The highest BCUT2D eigenvalue weighted by atomic mass is 79.9. The van der Waals surface area contributed by atoms with Gasteiger partial charge in [-0.25, -0.2) is 4.98 Å². The quantitative estimate of drug-likeness (QED) is 0.797. The highest BCUT2D eigenvalue weighted by Crippen LogP contribution is 2.22. The van der Waals surface area contributed by atoms with Crippen LogP contribution in [0.3, 0.4) is 0 Å². The van der Waals surface area contributed by atoms with E-state index in [1.807, 2.05) is 13.0 Å². The Morgan fingerprint density at radius 3 is 3.09 bits per heavy atom. The number of anilines is 1. The third kappa shape index (κ3) is 2.34. The van der Waals surface area contributed by atoms with E-state index in [9.17, 15) is 0 Å². The first-order chi connectivity index (χ1) is 5.24. The van der Waals surface area contributed by atoms with E-state index in [0.29, 0.717) is 5.15 Å². The van der Waals surface area contributed by atoms with Crippen LogP contribution >= 0.6 is 27.5 Å². The maximum Gasteiger partial charge on any atom is 0.152 e. The molecular weight excluding hydrogens is 227 g/mol. The molecule has 1 rings (SSSR count). The van der Waals surface area contributed by atoms with Crippen LogP contribution in [0.2, 0.25) is 5.15 Å². The first kappa shape index (κ1) is 8.81. The van der Waals surface area contributed by atoms with Crippen molar-refractivity contribution in [2.75, 3.05) is 11.9 Å². The lowest BCUT2D eigenvalue weighted by atomic mass is 10.4. The Kier molecular flexibility index (Phi) is 3.15. The van der Waals surface area contributed by atoms with Gasteiger partial charge in [0.05, 0.1) is 5.69 Å². The fraction of sp³-hybridized carbons (Fsp3) is 0.286. The zero-order valence-electron chi connectivity index (χ0n) is 6.06. The van der Waals surface area contributed by atoms with Crippen molar-refractivity contribution in [3.8, 4) is 0 Å². The maximum atomic E-state index is 5.78. The van der Waals surface area contributed by atoms with Crippen molar-refractivity contribution in [1.29, 1.82) is 0 Å². The molecule has 0 aliphatic heterocycles. The number of pyridine rings is 1. The second-order valence-corrected chi connectivity index (χ2v) is 3.30. The minimum Gasteiger partial charge on any atom is -0.383 e. The van der Waals surface area contributed by atoms with Crippen LogP contribution in [0.4, 0.5) is 5.69 Å². The first-order valence-electron chi connectivity index (χ1n) is 3.29. The lowest BCUT2D eigenvalue weighted by Crippen LogP contribution is -1.97. The van der Waals surface area contributed by atoms with E-state index in [4.69, 9.17) is 11.6 Å². The predicted octanol–water partition coefficient (Wildman–Crippen LogP) is 2.93. The Morgan fingerprint density at radius 1 is 1.73 bits per heavy atom. The SMILES string of the molecule is CCNc1cc(Br)cnc1Cl. The molecular formula is C7H8BrClN2. The van der Waals surface area contributed by atoms with E-state index < -0.39 is 0 Å². The molecule has 0 aromatic carbocycles. The van der Waals surface area contributed by atoms with Gasteiger partial charge in [-0.2, -0.15) is 0 Å². The zero-order valence-corrected chi connectivity index (χ0v) is 8.41. The van der Waals surface area contributed by atoms with Gasteiger partial charge in [-0.3, -0.25) is 0 Å². The molecule has 0 amide bonds. The highest BCUT2D eigenvalue weighted by molar-refractivity contribution is 9.10. The average molecular weight is 236 g/mol. The van der Waals surface area contributed by atoms with Gasteiger partial charge in [0, 0.05) is 17.2 Å². The highest BCUT2D eigenvalue weighted by Gasteiger charge is 1.99. The molecule has 1 heterocycles. The lowest BCUT2D eigenvalue weighted by Gasteiger charge is -2.04. The fourth-order valence-corrected chi connectivity index (χ4v) is 1.24. The minimum absolute atomic E-state index is 0.509. The van der Waals surface area contributed by atoms with E-state index in [1.165, 1.54) is 0 Å². The van der Waals surface area contributed by atoms with Crippen LogP contribution in [-0.2, 0) is 0 Å². The largest absolute Gasteiger partial charge is 0.383 e. The summed E-state index contributed by atoms with van der Waals surface area (Å²) in [5.41, 5.74) is 0.864. The van der Waals surface area contributed by atoms with Crippen LogP contribution in [0.15, 0.2) is 16.7 Å². The minimum atomic E-state index is 0.509. The summed E-state index contributed by atoms with van der Waals surface area (Å²) in [6, 6.07) is 1.90. The number of aromatic nitrogens is 1. The van der Waals surface area contributed by atoms with Gasteiger partial charge in [0.1, 0.15) is 0 Å². The smallest absolute Gasteiger partial charge is 0.152 e. The van der Waals surface area contributed by atoms with Crippen molar-refractivity contribution in [3.05, 3.63) is 21.9 Å². The molecule has 0 radical (unpaired) electrons. The van der Waals surface area contributed by atoms with Crippen LogP contribution in [0, 0.1) is 0 Å². The molecule has 0 aliphatic rings. The molecule has 0 spiro atoms. The Hall–Kier alpha value is -0.280.